The molecule has 3 heteroatoms. The van der Waals surface area contributed by atoms with Gasteiger partial charge in [0.25, 0.3) is 0 Å². The fraction of sp³-hybridized carbons (Fsp3) is 1.00. The Morgan fingerprint density at radius 2 is 1.18 bits per heavy atom. The molecule has 2 aliphatic carbocycles. The molecule has 0 atom stereocenters. The van der Waals surface area contributed by atoms with E-state index in [9.17, 15) is 4.39 Å². The van der Waals surface area contributed by atoms with Crippen LogP contribution in [-0.2, 0) is 9.47 Å². The van der Waals surface area contributed by atoms with Crippen molar-refractivity contribution in [2.75, 3.05) is 19.9 Å². The average molecular weight is 312 g/mol. The highest BCUT2D eigenvalue weighted by molar-refractivity contribution is 4.84. The molecule has 2 nitrogen and oxygen atoms in total. The lowest BCUT2D eigenvalue weighted by Crippen LogP contribution is -2.38. The Kier molecular flexibility index (Phi) is 6.15. The maximum atomic E-state index is 12.3. The molecule has 1 heterocycles. The second-order valence-electron chi connectivity index (χ2n) is 8.03. The molecule has 22 heavy (non-hydrogen) atoms. The van der Waals surface area contributed by atoms with Gasteiger partial charge >= 0.3 is 0 Å². The van der Waals surface area contributed by atoms with Crippen LogP contribution in [0.25, 0.3) is 0 Å². The molecular formula is C19H33FO2. The van der Waals surface area contributed by atoms with Crippen LogP contribution in [0.1, 0.15) is 64.7 Å². The Morgan fingerprint density at radius 1 is 0.727 bits per heavy atom. The summed E-state index contributed by atoms with van der Waals surface area (Å²) in [7, 11) is 0. The van der Waals surface area contributed by atoms with Crippen LogP contribution in [0.3, 0.4) is 0 Å². The molecule has 2 saturated carbocycles. The first kappa shape index (κ1) is 16.7. The molecule has 0 unspecified atom stereocenters. The van der Waals surface area contributed by atoms with Gasteiger partial charge in [0.2, 0.25) is 0 Å². The van der Waals surface area contributed by atoms with Crippen molar-refractivity contribution >= 4 is 0 Å². The average Bonchev–Trinajstić information content (AvgIpc) is 2.57. The van der Waals surface area contributed by atoms with Crippen LogP contribution >= 0.6 is 0 Å². The molecule has 0 spiro atoms. The summed E-state index contributed by atoms with van der Waals surface area (Å²) in [5.74, 6) is 4.26. The lowest BCUT2D eigenvalue weighted by atomic mass is 9.67. The smallest absolute Gasteiger partial charge is 0.160 e. The van der Waals surface area contributed by atoms with Crippen molar-refractivity contribution in [3.63, 3.8) is 0 Å². The monoisotopic (exact) mass is 312 g/mol. The summed E-state index contributed by atoms with van der Waals surface area (Å²) < 4.78 is 23.7. The first-order valence-corrected chi connectivity index (χ1v) is 9.55. The van der Waals surface area contributed by atoms with Gasteiger partial charge < -0.3 is 9.47 Å². The van der Waals surface area contributed by atoms with Crippen LogP contribution in [0.2, 0.25) is 0 Å². The number of hydrogen-bond donors (Lipinski definition) is 0. The molecule has 3 fully saturated rings. The van der Waals surface area contributed by atoms with Gasteiger partial charge in [0, 0.05) is 12.3 Å². The molecule has 0 N–H and O–H groups in total. The summed E-state index contributed by atoms with van der Waals surface area (Å²) in [4.78, 5) is 0. The van der Waals surface area contributed by atoms with Gasteiger partial charge in [-0.2, -0.15) is 0 Å². The number of halogens is 1. The predicted octanol–water partition coefficient (Wildman–Crippen LogP) is 4.97. The first-order valence-electron chi connectivity index (χ1n) is 9.55. The first-order chi connectivity index (χ1) is 10.8. The maximum absolute atomic E-state index is 12.3. The van der Waals surface area contributed by atoms with Gasteiger partial charge in [-0.1, -0.05) is 19.8 Å². The van der Waals surface area contributed by atoms with Crippen molar-refractivity contribution in [1.29, 1.82) is 0 Å². The van der Waals surface area contributed by atoms with E-state index in [1.807, 2.05) is 0 Å². The summed E-state index contributed by atoms with van der Waals surface area (Å²) in [6.07, 6.45) is 11.5. The number of hydrogen-bond acceptors (Lipinski definition) is 2. The standard InChI is InChI=1S/C19H33FO2/c1-14-2-4-15(5-3-14)16-6-8-17(9-7-16)18-12-21-19(10-11-20)22-13-18/h14-19H,2-13H2,1H3. The van der Waals surface area contributed by atoms with Crippen molar-refractivity contribution in [2.24, 2.45) is 29.6 Å². The molecule has 3 aliphatic rings. The highest BCUT2D eigenvalue weighted by Gasteiger charge is 2.34. The van der Waals surface area contributed by atoms with E-state index >= 15 is 0 Å². The minimum absolute atomic E-state index is 0.290. The molecule has 1 saturated heterocycles. The zero-order chi connectivity index (χ0) is 15.4. The SMILES string of the molecule is CC1CCC(C2CCC(C3COC(CCF)OC3)CC2)CC1. The van der Waals surface area contributed by atoms with Gasteiger partial charge in [-0.15, -0.1) is 0 Å². The summed E-state index contributed by atoms with van der Waals surface area (Å²) in [5.41, 5.74) is 0. The molecule has 1 aliphatic heterocycles. The van der Waals surface area contributed by atoms with Crippen LogP contribution in [0.15, 0.2) is 0 Å². The van der Waals surface area contributed by atoms with Gasteiger partial charge in [0.05, 0.1) is 19.9 Å². The Bertz CT molecular complexity index is 311. The molecule has 0 aromatic rings. The molecule has 3 rings (SSSR count). The number of rotatable bonds is 4. The summed E-state index contributed by atoms with van der Waals surface area (Å²) in [5, 5.41) is 0. The van der Waals surface area contributed by atoms with E-state index in [1.54, 1.807) is 0 Å². The predicted molar refractivity (Wildman–Crippen MR) is 86.3 cm³/mol. The van der Waals surface area contributed by atoms with E-state index < -0.39 is 0 Å². The quantitative estimate of drug-likeness (QED) is 0.730. The van der Waals surface area contributed by atoms with Gasteiger partial charge in [-0.3, -0.25) is 4.39 Å². The van der Waals surface area contributed by atoms with E-state index in [-0.39, 0.29) is 13.0 Å². The third-order valence-corrected chi connectivity index (χ3v) is 6.55. The lowest BCUT2D eigenvalue weighted by molar-refractivity contribution is -0.213. The number of alkyl halides is 1. The molecule has 0 amide bonds. The van der Waals surface area contributed by atoms with Crippen molar-refractivity contribution < 1.29 is 13.9 Å². The Balaban J connectivity index is 1.39. The van der Waals surface area contributed by atoms with Crippen LogP contribution in [-0.4, -0.2) is 26.2 Å². The van der Waals surface area contributed by atoms with Crippen molar-refractivity contribution in [3.05, 3.63) is 0 Å². The van der Waals surface area contributed by atoms with E-state index in [4.69, 9.17) is 9.47 Å². The van der Waals surface area contributed by atoms with Gasteiger partial charge in [-0.05, 0) is 62.2 Å². The van der Waals surface area contributed by atoms with Crippen LogP contribution in [0.5, 0.6) is 0 Å². The third-order valence-electron chi connectivity index (χ3n) is 6.55. The zero-order valence-electron chi connectivity index (χ0n) is 14.1. The Labute approximate surface area is 135 Å². The van der Waals surface area contributed by atoms with Gasteiger partial charge in [0.15, 0.2) is 6.29 Å². The second kappa shape index (κ2) is 8.10. The minimum Gasteiger partial charge on any atom is -0.352 e. The minimum atomic E-state index is -0.347. The van der Waals surface area contributed by atoms with Crippen LogP contribution < -0.4 is 0 Å². The Hall–Kier alpha value is -0.150. The number of ether oxygens (including phenoxy) is 2. The normalized spacial score (nSPS) is 43.9. The van der Waals surface area contributed by atoms with Gasteiger partial charge in [-0.25, -0.2) is 0 Å². The second-order valence-corrected chi connectivity index (χ2v) is 8.03. The van der Waals surface area contributed by atoms with Crippen molar-refractivity contribution in [1.82, 2.24) is 0 Å². The van der Waals surface area contributed by atoms with Crippen molar-refractivity contribution in [2.45, 2.75) is 71.0 Å². The summed E-state index contributed by atoms with van der Waals surface area (Å²) in [6, 6.07) is 0. The van der Waals surface area contributed by atoms with Crippen LogP contribution in [0.4, 0.5) is 4.39 Å². The molecule has 0 aromatic heterocycles. The molecule has 0 aromatic carbocycles. The molecule has 0 bridgehead atoms. The van der Waals surface area contributed by atoms with Gasteiger partial charge in [0.1, 0.15) is 0 Å². The highest BCUT2D eigenvalue weighted by Crippen LogP contribution is 2.43. The lowest BCUT2D eigenvalue weighted by Gasteiger charge is -2.41. The topological polar surface area (TPSA) is 18.5 Å². The van der Waals surface area contributed by atoms with E-state index in [1.165, 1.54) is 51.4 Å². The third kappa shape index (κ3) is 4.23. The summed E-state index contributed by atoms with van der Waals surface area (Å²) >= 11 is 0. The fourth-order valence-electron chi connectivity index (χ4n) is 4.93. The molecule has 128 valence electrons. The molecular weight excluding hydrogens is 279 g/mol. The zero-order valence-corrected chi connectivity index (χ0v) is 14.1. The largest absolute Gasteiger partial charge is 0.352 e. The Morgan fingerprint density at radius 3 is 1.68 bits per heavy atom. The molecule has 0 radical (unpaired) electrons. The van der Waals surface area contributed by atoms with E-state index in [0.717, 1.165) is 36.9 Å². The van der Waals surface area contributed by atoms with Crippen molar-refractivity contribution in [3.8, 4) is 0 Å². The van der Waals surface area contributed by atoms with E-state index in [2.05, 4.69) is 6.92 Å². The van der Waals surface area contributed by atoms with E-state index in [0.29, 0.717) is 12.3 Å². The maximum Gasteiger partial charge on any atom is 0.160 e. The fourth-order valence-corrected chi connectivity index (χ4v) is 4.93. The highest BCUT2D eigenvalue weighted by atomic mass is 19.1. The van der Waals surface area contributed by atoms with Crippen LogP contribution in [0, 0.1) is 29.6 Å². The summed E-state index contributed by atoms with van der Waals surface area (Å²) in [6.45, 7) is 3.62.